The minimum absolute atomic E-state index is 0.218. The topological polar surface area (TPSA) is 63.8 Å². The van der Waals surface area contributed by atoms with Gasteiger partial charge in [-0.1, -0.05) is 31.9 Å². The summed E-state index contributed by atoms with van der Waals surface area (Å²) < 4.78 is 0. The summed E-state index contributed by atoms with van der Waals surface area (Å²) in [4.78, 5) is 8.00. The molecule has 0 radical (unpaired) electrons. The number of nitrogens with two attached hydrogens (primary N) is 1. The third-order valence-corrected chi connectivity index (χ3v) is 3.46. The molecule has 1 saturated carbocycles. The monoisotopic (exact) mass is 254 g/mol. The molecule has 0 aromatic carbocycles. The maximum Gasteiger partial charge on any atom is 0.223 e. The van der Waals surface area contributed by atoms with Crippen LogP contribution in [0, 0.1) is 5.41 Å². The zero-order valence-electron chi connectivity index (χ0n) is 10.3. The summed E-state index contributed by atoms with van der Waals surface area (Å²) in [5.41, 5.74) is 5.97. The second kappa shape index (κ2) is 4.69. The molecule has 5 heteroatoms. The van der Waals surface area contributed by atoms with Crippen LogP contribution in [0.2, 0.25) is 5.15 Å². The summed E-state index contributed by atoms with van der Waals surface area (Å²) in [7, 11) is 0. The number of anilines is 2. The molecule has 0 bridgehead atoms. The summed E-state index contributed by atoms with van der Waals surface area (Å²) in [6.45, 7) is 4.62. The normalized spacial score (nSPS) is 23.4. The standard InChI is InChI=1S/C12H19ClN4/c1-12(2)5-3-4-8(7-12)15-10-6-9(13)16-11(14)17-10/h6,8H,3-5,7H2,1-2H3,(H3,14,15,16,17). The molecule has 94 valence electrons. The molecule has 1 fully saturated rings. The molecule has 1 unspecified atom stereocenters. The molecule has 1 aromatic heterocycles. The van der Waals surface area contributed by atoms with Crippen molar-refractivity contribution in [1.82, 2.24) is 9.97 Å². The van der Waals surface area contributed by atoms with E-state index in [0.29, 0.717) is 16.6 Å². The van der Waals surface area contributed by atoms with Gasteiger partial charge in [0.1, 0.15) is 11.0 Å². The van der Waals surface area contributed by atoms with Crippen molar-refractivity contribution in [1.29, 1.82) is 0 Å². The Morgan fingerprint density at radius 1 is 1.47 bits per heavy atom. The fourth-order valence-electron chi connectivity index (χ4n) is 2.54. The smallest absolute Gasteiger partial charge is 0.223 e. The van der Waals surface area contributed by atoms with Gasteiger partial charge in [-0.05, 0) is 24.7 Å². The van der Waals surface area contributed by atoms with Crippen molar-refractivity contribution in [3.8, 4) is 0 Å². The van der Waals surface area contributed by atoms with Gasteiger partial charge >= 0.3 is 0 Å². The van der Waals surface area contributed by atoms with Crippen molar-refractivity contribution in [2.75, 3.05) is 11.1 Å². The van der Waals surface area contributed by atoms with Gasteiger partial charge in [0.05, 0.1) is 0 Å². The maximum atomic E-state index is 5.85. The first-order valence-electron chi connectivity index (χ1n) is 6.01. The molecule has 3 N–H and O–H groups in total. The minimum Gasteiger partial charge on any atom is -0.368 e. The lowest BCUT2D eigenvalue weighted by atomic mass is 9.75. The zero-order valence-corrected chi connectivity index (χ0v) is 11.1. The first-order valence-corrected chi connectivity index (χ1v) is 6.39. The van der Waals surface area contributed by atoms with Crippen LogP contribution in [-0.4, -0.2) is 16.0 Å². The Morgan fingerprint density at radius 3 is 2.88 bits per heavy atom. The highest BCUT2D eigenvalue weighted by atomic mass is 35.5. The third-order valence-electron chi connectivity index (χ3n) is 3.27. The van der Waals surface area contributed by atoms with Crippen LogP contribution in [-0.2, 0) is 0 Å². The van der Waals surface area contributed by atoms with Crippen molar-refractivity contribution in [3.05, 3.63) is 11.2 Å². The highest BCUT2D eigenvalue weighted by molar-refractivity contribution is 6.29. The quantitative estimate of drug-likeness (QED) is 0.796. The van der Waals surface area contributed by atoms with Gasteiger partial charge in [0.15, 0.2) is 0 Å². The van der Waals surface area contributed by atoms with Crippen LogP contribution in [0.3, 0.4) is 0 Å². The van der Waals surface area contributed by atoms with E-state index in [1.165, 1.54) is 19.3 Å². The second-order valence-electron chi connectivity index (χ2n) is 5.54. The van der Waals surface area contributed by atoms with Gasteiger partial charge in [-0.25, -0.2) is 4.98 Å². The van der Waals surface area contributed by atoms with E-state index >= 15 is 0 Å². The second-order valence-corrected chi connectivity index (χ2v) is 5.92. The predicted molar refractivity (Wildman–Crippen MR) is 71.1 cm³/mol. The van der Waals surface area contributed by atoms with Crippen LogP contribution < -0.4 is 11.1 Å². The van der Waals surface area contributed by atoms with Crippen LogP contribution >= 0.6 is 11.6 Å². The fourth-order valence-corrected chi connectivity index (χ4v) is 2.73. The molecule has 1 aromatic rings. The van der Waals surface area contributed by atoms with E-state index in [0.717, 1.165) is 12.2 Å². The molecule has 0 saturated heterocycles. The molecule has 0 amide bonds. The van der Waals surface area contributed by atoms with E-state index in [1.807, 2.05) is 0 Å². The van der Waals surface area contributed by atoms with Gasteiger partial charge in [0.2, 0.25) is 5.95 Å². The molecular weight excluding hydrogens is 236 g/mol. The minimum atomic E-state index is 0.218. The van der Waals surface area contributed by atoms with Crippen molar-refractivity contribution < 1.29 is 0 Å². The molecule has 1 aliphatic carbocycles. The Morgan fingerprint density at radius 2 is 2.24 bits per heavy atom. The molecule has 1 aliphatic rings. The number of nitrogens with one attached hydrogen (secondary N) is 1. The summed E-state index contributed by atoms with van der Waals surface area (Å²) in [6, 6.07) is 2.17. The first-order chi connectivity index (χ1) is 7.94. The molecule has 4 nitrogen and oxygen atoms in total. The number of nitrogens with zero attached hydrogens (tertiary/aromatic N) is 2. The van der Waals surface area contributed by atoms with Crippen LogP contribution in [0.25, 0.3) is 0 Å². The highest BCUT2D eigenvalue weighted by Crippen LogP contribution is 2.36. The van der Waals surface area contributed by atoms with Crippen LogP contribution in [0.5, 0.6) is 0 Å². The summed E-state index contributed by atoms with van der Waals surface area (Å²) in [5, 5.41) is 3.79. The summed E-state index contributed by atoms with van der Waals surface area (Å²) in [5.74, 6) is 0.945. The van der Waals surface area contributed by atoms with E-state index in [-0.39, 0.29) is 5.95 Å². The van der Waals surface area contributed by atoms with E-state index in [2.05, 4.69) is 29.1 Å². The SMILES string of the molecule is CC1(C)CCCC(Nc2cc(Cl)nc(N)n2)C1. The van der Waals surface area contributed by atoms with Crippen LogP contribution in [0.1, 0.15) is 39.5 Å². The Bertz CT molecular complexity index is 385. The lowest BCUT2D eigenvalue weighted by Crippen LogP contribution is -2.32. The van der Waals surface area contributed by atoms with Crippen molar-refractivity contribution in [2.24, 2.45) is 5.41 Å². The van der Waals surface area contributed by atoms with Gasteiger partial charge in [0.25, 0.3) is 0 Å². The molecule has 0 aliphatic heterocycles. The van der Waals surface area contributed by atoms with Gasteiger partial charge in [-0.2, -0.15) is 4.98 Å². The molecule has 17 heavy (non-hydrogen) atoms. The number of hydrogen-bond donors (Lipinski definition) is 2. The third kappa shape index (κ3) is 3.46. The molecule has 1 heterocycles. The Kier molecular flexibility index (Phi) is 3.43. The largest absolute Gasteiger partial charge is 0.368 e. The van der Waals surface area contributed by atoms with Gasteiger partial charge in [-0.3, -0.25) is 0 Å². The number of rotatable bonds is 2. The number of hydrogen-bond acceptors (Lipinski definition) is 4. The van der Waals surface area contributed by atoms with Crippen LogP contribution in [0.15, 0.2) is 6.07 Å². The number of halogens is 1. The average molecular weight is 255 g/mol. The number of nitrogen functional groups attached to an aromatic ring is 1. The molecule has 2 rings (SSSR count). The lowest BCUT2D eigenvalue weighted by Gasteiger charge is -2.35. The molecular formula is C12H19ClN4. The van der Waals surface area contributed by atoms with E-state index < -0.39 is 0 Å². The van der Waals surface area contributed by atoms with E-state index in [1.54, 1.807) is 6.07 Å². The van der Waals surface area contributed by atoms with Gasteiger partial charge in [0, 0.05) is 12.1 Å². The molecule has 0 spiro atoms. The molecule has 1 atom stereocenters. The highest BCUT2D eigenvalue weighted by Gasteiger charge is 2.28. The fraction of sp³-hybridized carbons (Fsp3) is 0.667. The van der Waals surface area contributed by atoms with Gasteiger partial charge < -0.3 is 11.1 Å². The van der Waals surface area contributed by atoms with E-state index in [4.69, 9.17) is 17.3 Å². The van der Waals surface area contributed by atoms with Crippen LogP contribution in [0.4, 0.5) is 11.8 Å². The Labute approximate surface area is 107 Å². The van der Waals surface area contributed by atoms with Gasteiger partial charge in [-0.15, -0.1) is 0 Å². The summed E-state index contributed by atoms with van der Waals surface area (Å²) >= 11 is 5.85. The zero-order chi connectivity index (χ0) is 12.5. The Hall–Kier alpha value is -1.03. The summed E-state index contributed by atoms with van der Waals surface area (Å²) in [6.07, 6.45) is 4.86. The van der Waals surface area contributed by atoms with Crippen molar-refractivity contribution in [2.45, 2.75) is 45.6 Å². The predicted octanol–water partition coefficient (Wildman–Crippen LogP) is 3.09. The average Bonchev–Trinajstić information content (AvgIpc) is 2.13. The number of aromatic nitrogens is 2. The van der Waals surface area contributed by atoms with Crippen molar-refractivity contribution >= 4 is 23.4 Å². The maximum absolute atomic E-state index is 5.85. The van der Waals surface area contributed by atoms with E-state index in [9.17, 15) is 0 Å². The van der Waals surface area contributed by atoms with Crippen molar-refractivity contribution in [3.63, 3.8) is 0 Å². The first kappa shape index (κ1) is 12.4. The lowest BCUT2D eigenvalue weighted by molar-refractivity contribution is 0.229. The Balaban J connectivity index is 2.05.